The molecule has 0 spiro atoms. The van der Waals surface area contributed by atoms with Gasteiger partial charge < -0.3 is 5.11 Å². The number of nitrogens with zero attached hydrogens (tertiary/aromatic N) is 1. The van der Waals surface area contributed by atoms with Crippen molar-refractivity contribution in [2.45, 2.75) is 25.7 Å². The van der Waals surface area contributed by atoms with Crippen molar-refractivity contribution >= 4 is 17.6 Å². The Balaban J connectivity index is 1.92. The average molecular weight is 272 g/mol. The summed E-state index contributed by atoms with van der Waals surface area (Å²) < 4.78 is 0. The number of amides is 1. The molecule has 1 amide bonds. The molecule has 1 fully saturated rings. The Labute approximate surface area is 116 Å². The average Bonchev–Trinajstić information content (AvgIpc) is 2.48. The van der Waals surface area contributed by atoms with E-state index in [-0.39, 0.29) is 23.3 Å². The van der Waals surface area contributed by atoms with E-state index in [4.69, 9.17) is 5.11 Å². The Bertz CT molecular complexity index is 577. The summed E-state index contributed by atoms with van der Waals surface area (Å²) >= 11 is 0. The minimum atomic E-state index is -0.939. The predicted octanol–water partition coefficient (Wildman–Crippen LogP) is 2.03. The van der Waals surface area contributed by atoms with Crippen molar-refractivity contribution in [1.29, 1.82) is 0 Å². The molecule has 0 bridgehead atoms. The summed E-state index contributed by atoms with van der Waals surface area (Å²) in [4.78, 5) is 22.7. The number of aromatic carboxylic acids is 1. The fourth-order valence-electron chi connectivity index (χ4n) is 3.12. The van der Waals surface area contributed by atoms with Crippen LogP contribution in [0.3, 0.4) is 0 Å². The molecule has 0 radical (unpaired) electrons. The van der Waals surface area contributed by atoms with Gasteiger partial charge in [0.25, 0.3) is 0 Å². The fraction of sp³-hybridized carbons (Fsp3) is 0.400. The van der Waals surface area contributed by atoms with E-state index < -0.39 is 5.97 Å². The van der Waals surface area contributed by atoms with Crippen LogP contribution in [0.4, 0.5) is 0 Å². The van der Waals surface area contributed by atoms with Crippen molar-refractivity contribution in [2.24, 2.45) is 16.9 Å². The van der Waals surface area contributed by atoms with Crippen molar-refractivity contribution in [3.05, 3.63) is 35.4 Å². The Morgan fingerprint density at radius 1 is 1.15 bits per heavy atom. The van der Waals surface area contributed by atoms with Crippen LogP contribution in [0.5, 0.6) is 0 Å². The lowest BCUT2D eigenvalue weighted by molar-refractivity contribution is -0.127. The third-order valence-corrected chi connectivity index (χ3v) is 4.17. The molecule has 3 rings (SSSR count). The summed E-state index contributed by atoms with van der Waals surface area (Å²) in [5.41, 5.74) is 4.63. The van der Waals surface area contributed by atoms with E-state index in [1.54, 1.807) is 24.3 Å². The van der Waals surface area contributed by atoms with Crippen LogP contribution in [0.1, 0.15) is 41.6 Å². The Morgan fingerprint density at radius 2 is 1.80 bits per heavy atom. The maximum atomic E-state index is 11.9. The lowest BCUT2D eigenvalue weighted by Gasteiger charge is -2.34. The second-order valence-electron chi connectivity index (χ2n) is 5.35. The van der Waals surface area contributed by atoms with E-state index in [9.17, 15) is 9.59 Å². The number of carbonyl (C=O) groups is 2. The number of nitrogens with one attached hydrogen (secondary N) is 1. The van der Waals surface area contributed by atoms with E-state index in [0.717, 1.165) is 37.0 Å². The van der Waals surface area contributed by atoms with E-state index >= 15 is 0 Å². The summed E-state index contributed by atoms with van der Waals surface area (Å²) in [6.45, 7) is 0. The number of hydrogen-bond acceptors (Lipinski definition) is 3. The van der Waals surface area contributed by atoms with Gasteiger partial charge in [-0.1, -0.05) is 25.0 Å². The van der Waals surface area contributed by atoms with Crippen molar-refractivity contribution in [2.75, 3.05) is 0 Å². The molecule has 1 aliphatic heterocycles. The minimum absolute atomic E-state index is 0.00963. The lowest BCUT2D eigenvalue weighted by Crippen LogP contribution is -2.43. The Kier molecular flexibility index (Phi) is 3.26. The molecule has 1 saturated carbocycles. The number of benzene rings is 1. The van der Waals surface area contributed by atoms with Gasteiger partial charge in [-0.2, -0.15) is 5.10 Å². The highest BCUT2D eigenvalue weighted by molar-refractivity contribution is 6.07. The SMILES string of the molecule is O=C(O)c1ccc(C2=NNC(=O)[C@H]3CCCC[C@H]23)cc1. The molecule has 1 aromatic rings. The molecule has 5 heteroatoms. The zero-order chi connectivity index (χ0) is 14.1. The van der Waals surface area contributed by atoms with Gasteiger partial charge in [-0.15, -0.1) is 0 Å². The van der Waals surface area contributed by atoms with Crippen LogP contribution >= 0.6 is 0 Å². The van der Waals surface area contributed by atoms with Gasteiger partial charge in [0.05, 0.1) is 11.3 Å². The summed E-state index contributed by atoms with van der Waals surface area (Å²) in [5, 5.41) is 13.1. The first-order chi connectivity index (χ1) is 9.66. The molecule has 2 atom stereocenters. The first-order valence-electron chi connectivity index (χ1n) is 6.88. The number of hydrazone groups is 1. The molecule has 5 nitrogen and oxygen atoms in total. The predicted molar refractivity (Wildman–Crippen MR) is 73.5 cm³/mol. The highest BCUT2D eigenvalue weighted by Gasteiger charge is 2.37. The van der Waals surface area contributed by atoms with Crippen molar-refractivity contribution in [3.8, 4) is 0 Å². The summed E-state index contributed by atoms with van der Waals surface area (Å²) in [7, 11) is 0. The van der Waals surface area contributed by atoms with Gasteiger partial charge in [0, 0.05) is 11.8 Å². The van der Waals surface area contributed by atoms with Crippen molar-refractivity contribution in [3.63, 3.8) is 0 Å². The zero-order valence-corrected chi connectivity index (χ0v) is 11.0. The van der Waals surface area contributed by atoms with E-state index in [0.29, 0.717) is 0 Å². The second kappa shape index (κ2) is 5.07. The standard InChI is InChI=1S/C15H16N2O3/c18-14-12-4-2-1-3-11(12)13(16-17-14)9-5-7-10(8-6-9)15(19)20/h5-8,11-12H,1-4H2,(H,17,18)(H,19,20)/t11-,12-/m0/s1. The van der Waals surface area contributed by atoms with Crippen LogP contribution in [-0.2, 0) is 4.79 Å². The zero-order valence-electron chi connectivity index (χ0n) is 11.0. The highest BCUT2D eigenvalue weighted by Crippen LogP contribution is 2.35. The number of carbonyl (C=O) groups excluding carboxylic acids is 1. The Hall–Kier alpha value is -2.17. The van der Waals surface area contributed by atoms with Gasteiger partial charge in [-0.25, -0.2) is 10.2 Å². The topological polar surface area (TPSA) is 78.8 Å². The van der Waals surface area contributed by atoms with Gasteiger partial charge in [0.15, 0.2) is 0 Å². The molecule has 0 aromatic heterocycles. The van der Waals surface area contributed by atoms with Crippen LogP contribution in [0.15, 0.2) is 29.4 Å². The number of hydrogen-bond donors (Lipinski definition) is 2. The third kappa shape index (κ3) is 2.19. The molecule has 1 aliphatic carbocycles. The van der Waals surface area contributed by atoms with Crippen LogP contribution in [0.25, 0.3) is 0 Å². The van der Waals surface area contributed by atoms with Gasteiger partial charge in [-0.3, -0.25) is 4.79 Å². The molecule has 20 heavy (non-hydrogen) atoms. The number of carboxylic acids is 1. The fourth-order valence-corrected chi connectivity index (χ4v) is 3.12. The molecular weight excluding hydrogens is 256 g/mol. The lowest BCUT2D eigenvalue weighted by atomic mass is 9.74. The van der Waals surface area contributed by atoms with Gasteiger partial charge in [0.2, 0.25) is 5.91 Å². The first-order valence-corrected chi connectivity index (χ1v) is 6.88. The molecule has 1 aromatic carbocycles. The number of rotatable bonds is 2. The first kappa shape index (κ1) is 12.8. The monoisotopic (exact) mass is 272 g/mol. The molecular formula is C15H16N2O3. The normalized spacial score (nSPS) is 25.4. The number of carboxylic acid groups (broad SMARTS) is 1. The molecule has 2 aliphatic rings. The molecule has 0 unspecified atom stereocenters. The maximum absolute atomic E-state index is 11.9. The second-order valence-corrected chi connectivity index (χ2v) is 5.35. The minimum Gasteiger partial charge on any atom is -0.478 e. The molecule has 1 heterocycles. The summed E-state index contributed by atoms with van der Waals surface area (Å²) in [6.07, 6.45) is 4.07. The molecule has 2 N–H and O–H groups in total. The summed E-state index contributed by atoms with van der Waals surface area (Å²) in [6, 6.07) is 6.69. The summed E-state index contributed by atoms with van der Waals surface area (Å²) in [5.74, 6) is -0.754. The van der Waals surface area contributed by atoms with Crippen LogP contribution < -0.4 is 5.43 Å². The van der Waals surface area contributed by atoms with Crippen molar-refractivity contribution in [1.82, 2.24) is 5.43 Å². The Morgan fingerprint density at radius 3 is 2.45 bits per heavy atom. The van der Waals surface area contributed by atoms with Crippen LogP contribution in [0.2, 0.25) is 0 Å². The molecule has 0 saturated heterocycles. The smallest absolute Gasteiger partial charge is 0.335 e. The van der Waals surface area contributed by atoms with E-state index in [1.807, 2.05) is 0 Å². The van der Waals surface area contributed by atoms with Gasteiger partial charge in [-0.05, 0) is 30.5 Å². The highest BCUT2D eigenvalue weighted by atomic mass is 16.4. The van der Waals surface area contributed by atoms with Crippen molar-refractivity contribution < 1.29 is 14.7 Å². The third-order valence-electron chi connectivity index (χ3n) is 4.17. The largest absolute Gasteiger partial charge is 0.478 e. The van der Waals surface area contributed by atoms with E-state index in [2.05, 4.69) is 10.5 Å². The quantitative estimate of drug-likeness (QED) is 0.864. The van der Waals surface area contributed by atoms with E-state index in [1.165, 1.54) is 0 Å². The number of fused-ring (bicyclic) bond motifs is 1. The molecule has 104 valence electrons. The van der Waals surface area contributed by atoms with Crippen LogP contribution in [0, 0.1) is 11.8 Å². The maximum Gasteiger partial charge on any atom is 0.335 e. The van der Waals surface area contributed by atoms with Gasteiger partial charge >= 0.3 is 5.97 Å². The van der Waals surface area contributed by atoms with Gasteiger partial charge in [0.1, 0.15) is 0 Å². The van der Waals surface area contributed by atoms with Crippen LogP contribution in [-0.4, -0.2) is 22.7 Å².